The summed E-state index contributed by atoms with van der Waals surface area (Å²) in [7, 11) is 0. The summed E-state index contributed by atoms with van der Waals surface area (Å²) in [5.74, 6) is 2.04. The second-order valence-electron chi connectivity index (χ2n) is 6.32. The average Bonchev–Trinajstić information content (AvgIpc) is 3.13. The SMILES string of the molecule is C=CCn1nnnc1NCc1ccc(OCc2cccc(C)c2)c(OCC)c1. The number of hydrogen-bond acceptors (Lipinski definition) is 6. The lowest BCUT2D eigenvalue weighted by atomic mass is 10.1. The van der Waals surface area contributed by atoms with E-state index < -0.39 is 0 Å². The molecule has 0 saturated carbocycles. The van der Waals surface area contributed by atoms with Gasteiger partial charge in [0.05, 0.1) is 13.2 Å². The molecule has 0 amide bonds. The molecule has 3 rings (SSSR count). The molecule has 0 aliphatic heterocycles. The lowest BCUT2D eigenvalue weighted by molar-refractivity contribution is 0.269. The van der Waals surface area contributed by atoms with Crippen LogP contribution in [-0.4, -0.2) is 26.8 Å². The summed E-state index contributed by atoms with van der Waals surface area (Å²) < 4.78 is 13.4. The molecule has 3 aromatic rings. The van der Waals surface area contributed by atoms with E-state index in [1.807, 2.05) is 31.2 Å². The van der Waals surface area contributed by atoms with Crippen LogP contribution >= 0.6 is 0 Å². The molecule has 7 heteroatoms. The van der Waals surface area contributed by atoms with E-state index in [1.165, 1.54) is 5.56 Å². The molecule has 28 heavy (non-hydrogen) atoms. The summed E-state index contributed by atoms with van der Waals surface area (Å²) in [6.45, 7) is 9.91. The number of anilines is 1. The maximum atomic E-state index is 5.99. The first kappa shape index (κ1) is 19.4. The zero-order chi connectivity index (χ0) is 19.8. The molecule has 0 aliphatic carbocycles. The third kappa shape index (κ3) is 5.09. The molecule has 1 N–H and O–H groups in total. The molecule has 0 bridgehead atoms. The van der Waals surface area contributed by atoms with Gasteiger partial charge in [0.1, 0.15) is 6.61 Å². The van der Waals surface area contributed by atoms with Crippen LogP contribution in [0.5, 0.6) is 11.5 Å². The van der Waals surface area contributed by atoms with E-state index >= 15 is 0 Å². The molecule has 7 nitrogen and oxygen atoms in total. The Hall–Kier alpha value is -3.35. The maximum Gasteiger partial charge on any atom is 0.243 e. The van der Waals surface area contributed by atoms with Crippen LogP contribution in [0.25, 0.3) is 0 Å². The zero-order valence-corrected chi connectivity index (χ0v) is 16.3. The first-order valence-corrected chi connectivity index (χ1v) is 9.24. The van der Waals surface area contributed by atoms with Gasteiger partial charge in [0.25, 0.3) is 0 Å². The van der Waals surface area contributed by atoms with Crippen LogP contribution in [0.15, 0.2) is 55.1 Å². The topological polar surface area (TPSA) is 74.1 Å². The summed E-state index contributed by atoms with van der Waals surface area (Å²) >= 11 is 0. The fourth-order valence-corrected chi connectivity index (χ4v) is 2.77. The highest BCUT2D eigenvalue weighted by Gasteiger charge is 2.09. The molecule has 1 aromatic heterocycles. The van der Waals surface area contributed by atoms with Crippen molar-refractivity contribution in [3.63, 3.8) is 0 Å². The zero-order valence-electron chi connectivity index (χ0n) is 16.3. The third-order valence-electron chi connectivity index (χ3n) is 4.07. The van der Waals surface area contributed by atoms with Gasteiger partial charge in [0, 0.05) is 6.54 Å². The van der Waals surface area contributed by atoms with E-state index in [2.05, 4.69) is 52.5 Å². The van der Waals surface area contributed by atoms with Gasteiger partial charge in [-0.3, -0.25) is 0 Å². The number of aryl methyl sites for hydroxylation is 1. The molecule has 0 fully saturated rings. The van der Waals surface area contributed by atoms with Crippen molar-refractivity contribution in [1.82, 2.24) is 20.2 Å². The van der Waals surface area contributed by atoms with Crippen LogP contribution in [0.1, 0.15) is 23.6 Å². The molecule has 0 aliphatic rings. The molecular weight excluding hydrogens is 354 g/mol. The van der Waals surface area contributed by atoms with E-state index in [0.29, 0.717) is 32.3 Å². The van der Waals surface area contributed by atoms with Crippen molar-refractivity contribution in [2.24, 2.45) is 0 Å². The second-order valence-corrected chi connectivity index (χ2v) is 6.32. The molecule has 0 spiro atoms. The Morgan fingerprint density at radius 2 is 2.00 bits per heavy atom. The minimum Gasteiger partial charge on any atom is -0.490 e. The summed E-state index contributed by atoms with van der Waals surface area (Å²) in [5.41, 5.74) is 3.38. The summed E-state index contributed by atoms with van der Waals surface area (Å²) in [6.07, 6.45) is 1.75. The lowest BCUT2D eigenvalue weighted by Gasteiger charge is -2.14. The Bertz CT molecular complexity index is 923. The van der Waals surface area contributed by atoms with Crippen LogP contribution in [0.2, 0.25) is 0 Å². The molecule has 0 saturated heterocycles. The molecular formula is C21H25N5O2. The number of ether oxygens (including phenoxy) is 2. The molecule has 146 valence electrons. The first-order valence-electron chi connectivity index (χ1n) is 9.24. The highest BCUT2D eigenvalue weighted by Crippen LogP contribution is 2.29. The molecule has 1 heterocycles. The predicted octanol–water partition coefficient (Wildman–Crippen LogP) is 3.76. The number of allylic oxidation sites excluding steroid dienone is 1. The number of hydrogen-bond donors (Lipinski definition) is 1. The summed E-state index contributed by atoms with van der Waals surface area (Å²) in [4.78, 5) is 0. The number of aromatic nitrogens is 4. The normalized spacial score (nSPS) is 10.5. The number of rotatable bonds is 10. The van der Waals surface area contributed by atoms with Gasteiger partial charge in [-0.1, -0.05) is 47.1 Å². The predicted molar refractivity (Wildman–Crippen MR) is 108 cm³/mol. The standard InChI is InChI=1S/C21H25N5O2/c1-4-11-26-21(23-24-25-26)22-14-17-9-10-19(20(13-17)27-5-2)28-15-18-8-6-7-16(3)12-18/h4,6-10,12-13H,1,5,11,14-15H2,2-3H3,(H,22,23,25). The van der Waals surface area contributed by atoms with Gasteiger partial charge in [-0.15, -0.1) is 6.58 Å². The number of tetrazole rings is 1. The van der Waals surface area contributed by atoms with Crippen LogP contribution < -0.4 is 14.8 Å². The Labute approximate surface area is 165 Å². The Morgan fingerprint density at radius 1 is 1.11 bits per heavy atom. The van der Waals surface area contributed by atoms with Gasteiger partial charge < -0.3 is 14.8 Å². The van der Waals surface area contributed by atoms with Crippen molar-refractivity contribution >= 4 is 5.95 Å². The van der Waals surface area contributed by atoms with Gasteiger partial charge in [0.15, 0.2) is 11.5 Å². The van der Waals surface area contributed by atoms with Crippen LogP contribution in [0, 0.1) is 6.92 Å². The number of nitrogens with zero attached hydrogens (tertiary/aromatic N) is 4. The Morgan fingerprint density at radius 3 is 2.79 bits per heavy atom. The van der Waals surface area contributed by atoms with Crippen molar-refractivity contribution in [2.75, 3.05) is 11.9 Å². The molecule has 2 aromatic carbocycles. The molecule has 0 unspecified atom stereocenters. The summed E-state index contributed by atoms with van der Waals surface area (Å²) in [6, 6.07) is 14.2. The Kier molecular flexibility index (Phi) is 6.62. The first-order chi connectivity index (χ1) is 13.7. The van der Waals surface area contributed by atoms with E-state index in [4.69, 9.17) is 9.47 Å². The van der Waals surface area contributed by atoms with E-state index in [9.17, 15) is 0 Å². The van der Waals surface area contributed by atoms with Crippen molar-refractivity contribution in [1.29, 1.82) is 0 Å². The fourth-order valence-electron chi connectivity index (χ4n) is 2.77. The van der Waals surface area contributed by atoms with E-state index in [-0.39, 0.29) is 0 Å². The van der Waals surface area contributed by atoms with Crippen molar-refractivity contribution in [3.8, 4) is 11.5 Å². The van der Waals surface area contributed by atoms with Gasteiger partial charge in [-0.05, 0) is 47.5 Å². The van der Waals surface area contributed by atoms with Crippen LogP contribution in [0.3, 0.4) is 0 Å². The van der Waals surface area contributed by atoms with Gasteiger partial charge >= 0.3 is 0 Å². The second kappa shape index (κ2) is 9.55. The lowest BCUT2D eigenvalue weighted by Crippen LogP contribution is -2.08. The molecule has 0 radical (unpaired) electrons. The third-order valence-corrected chi connectivity index (χ3v) is 4.07. The Balaban J connectivity index is 1.67. The van der Waals surface area contributed by atoms with Crippen molar-refractivity contribution < 1.29 is 9.47 Å². The molecule has 0 atom stereocenters. The van der Waals surface area contributed by atoms with Gasteiger partial charge in [-0.2, -0.15) is 0 Å². The largest absolute Gasteiger partial charge is 0.490 e. The maximum absolute atomic E-state index is 5.99. The van der Waals surface area contributed by atoms with Crippen molar-refractivity contribution in [3.05, 3.63) is 71.8 Å². The van der Waals surface area contributed by atoms with E-state index in [1.54, 1.807) is 10.8 Å². The van der Waals surface area contributed by atoms with Crippen LogP contribution in [-0.2, 0) is 19.7 Å². The van der Waals surface area contributed by atoms with Gasteiger partial charge in [0.2, 0.25) is 5.95 Å². The quantitative estimate of drug-likeness (QED) is 0.541. The van der Waals surface area contributed by atoms with Crippen LogP contribution in [0.4, 0.5) is 5.95 Å². The van der Waals surface area contributed by atoms with Gasteiger partial charge in [-0.25, -0.2) is 4.68 Å². The highest BCUT2D eigenvalue weighted by molar-refractivity contribution is 5.44. The minimum atomic E-state index is 0.496. The minimum absolute atomic E-state index is 0.496. The van der Waals surface area contributed by atoms with E-state index in [0.717, 1.165) is 22.6 Å². The number of nitrogens with one attached hydrogen (secondary N) is 1. The highest BCUT2D eigenvalue weighted by atomic mass is 16.5. The monoisotopic (exact) mass is 379 g/mol. The summed E-state index contributed by atoms with van der Waals surface area (Å²) in [5, 5.41) is 14.8. The number of benzene rings is 2. The average molecular weight is 379 g/mol. The smallest absolute Gasteiger partial charge is 0.243 e. The van der Waals surface area contributed by atoms with Crippen molar-refractivity contribution in [2.45, 2.75) is 33.5 Å². The fraction of sp³-hybridized carbons (Fsp3) is 0.286.